The molecule has 144 valence electrons. The first-order valence-electron chi connectivity index (χ1n) is 8.67. The summed E-state index contributed by atoms with van der Waals surface area (Å²) in [6, 6.07) is 6.65. The molecule has 2 heterocycles. The van der Waals surface area contributed by atoms with Gasteiger partial charge in [0.05, 0.1) is 33.8 Å². The summed E-state index contributed by atoms with van der Waals surface area (Å²) < 4.78 is 21.1. The largest absolute Gasteiger partial charge is 0.493 e. The zero-order valence-corrected chi connectivity index (χ0v) is 15.9. The highest BCUT2D eigenvalue weighted by atomic mass is 16.5. The Morgan fingerprint density at radius 2 is 1.85 bits per heavy atom. The molecule has 0 N–H and O–H groups in total. The Hall–Kier alpha value is -2.96. The lowest BCUT2D eigenvalue weighted by Crippen LogP contribution is -2.41. The Balaban J connectivity index is 2.03. The first-order valence-corrected chi connectivity index (χ1v) is 8.67. The molecule has 1 aromatic heterocycles. The van der Waals surface area contributed by atoms with Crippen molar-refractivity contribution in [3.8, 4) is 11.5 Å². The number of carbonyl (C=O) groups is 2. The van der Waals surface area contributed by atoms with E-state index in [4.69, 9.17) is 18.6 Å². The highest BCUT2D eigenvalue weighted by Crippen LogP contribution is 2.40. The number of amides is 1. The number of hydrogen-bond donors (Lipinski definition) is 0. The molecule has 27 heavy (non-hydrogen) atoms. The zero-order chi connectivity index (χ0) is 19.6. The van der Waals surface area contributed by atoms with Crippen LogP contribution in [0.1, 0.15) is 39.9 Å². The van der Waals surface area contributed by atoms with Gasteiger partial charge in [0, 0.05) is 6.54 Å². The molecule has 3 rings (SSSR count). The van der Waals surface area contributed by atoms with Gasteiger partial charge in [-0.1, -0.05) is 0 Å². The SMILES string of the molecule is COC(=O)C[C@@H]1c2cc(OC)c(OC)cc2CCN1C(=O)c1ccc(C)o1. The summed E-state index contributed by atoms with van der Waals surface area (Å²) in [6.07, 6.45) is 0.684. The van der Waals surface area contributed by atoms with Crippen LogP contribution in [0.15, 0.2) is 28.7 Å². The summed E-state index contributed by atoms with van der Waals surface area (Å²) in [7, 11) is 4.47. The van der Waals surface area contributed by atoms with Crippen molar-refractivity contribution >= 4 is 11.9 Å². The van der Waals surface area contributed by atoms with Crippen LogP contribution in [0.5, 0.6) is 11.5 Å². The van der Waals surface area contributed by atoms with Crippen molar-refractivity contribution in [3.63, 3.8) is 0 Å². The molecule has 1 aliphatic heterocycles. The summed E-state index contributed by atoms with van der Waals surface area (Å²) in [5, 5.41) is 0. The first-order chi connectivity index (χ1) is 13.0. The smallest absolute Gasteiger partial charge is 0.307 e. The van der Waals surface area contributed by atoms with Crippen molar-refractivity contribution in [1.82, 2.24) is 4.90 Å². The third-order valence-electron chi connectivity index (χ3n) is 4.80. The van der Waals surface area contributed by atoms with Crippen molar-refractivity contribution in [2.24, 2.45) is 0 Å². The molecule has 1 amide bonds. The maximum Gasteiger partial charge on any atom is 0.307 e. The van der Waals surface area contributed by atoms with E-state index in [1.807, 2.05) is 12.1 Å². The van der Waals surface area contributed by atoms with E-state index in [0.717, 1.165) is 11.1 Å². The Kier molecular flexibility index (Phi) is 5.39. The van der Waals surface area contributed by atoms with E-state index in [0.29, 0.717) is 30.2 Å². The van der Waals surface area contributed by atoms with E-state index < -0.39 is 12.0 Å². The Bertz CT molecular complexity index is 856. The van der Waals surface area contributed by atoms with Crippen LogP contribution in [0.25, 0.3) is 0 Å². The average molecular weight is 373 g/mol. The number of benzene rings is 1. The number of aryl methyl sites for hydroxylation is 1. The number of hydrogen-bond acceptors (Lipinski definition) is 6. The highest BCUT2D eigenvalue weighted by molar-refractivity contribution is 5.92. The van der Waals surface area contributed by atoms with Crippen molar-refractivity contribution in [2.75, 3.05) is 27.9 Å². The normalized spacial score (nSPS) is 15.9. The van der Waals surface area contributed by atoms with Crippen LogP contribution in [0.3, 0.4) is 0 Å². The molecule has 2 aromatic rings. The molecular formula is C20H23NO6. The van der Waals surface area contributed by atoms with Gasteiger partial charge in [-0.15, -0.1) is 0 Å². The van der Waals surface area contributed by atoms with E-state index >= 15 is 0 Å². The summed E-state index contributed by atoms with van der Waals surface area (Å²) in [6.45, 7) is 2.24. The molecule has 0 bridgehead atoms. The monoisotopic (exact) mass is 373 g/mol. The number of rotatable bonds is 5. The van der Waals surface area contributed by atoms with Gasteiger partial charge >= 0.3 is 5.97 Å². The fraction of sp³-hybridized carbons (Fsp3) is 0.400. The van der Waals surface area contributed by atoms with E-state index in [-0.39, 0.29) is 18.1 Å². The number of fused-ring (bicyclic) bond motifs is 1. The molecule has 7 nitrogen and oxygen atoms in total. The minimum Gasteiger partial charge on any atom is -0.493 e. The number of methoxy groups -OCH3 is 3. The van der Waals surface area contributed by atoms with Gasteiger partial charge in [-0.2, -0.15) is 0 Å². The van der Waals surface area contributed by atoms with Gasteiger partial charge in [0.15, 0.2) is 17.3 Å². The van der Waals surface area contributed by atoms with Crippen LogP contribution >= 0.6 is 0 Å². The van der Waals surface area contributed by atoms with Crippen LogP contribution < -0.4 is 9.47 Å². The number of esters is 1. The molecule has 1 aliphatic rings. The first kappa shape index (κ1) is 18.8. The van der Waals surface area contributed by atoms with Crippen LogP contribution in [0, 0.1) is 6.92 Å². The molecule has 7 heteroatoms. The molecule has 0 saturated carbocycles. The van der Waals surface area contributed by atoms with Crippen molar-refractivity contribution in [2.45, 2.75) is 25.8 Å². The van der Waals surface area contributed by atoms with Gasteiger partial charge in [-0.3, -0.25) is 9.59 Å². The molecule has 0 radical (unpaired) electrons. The van der Waals surface area contributed by atoms with E-state index in [9.17, 15) is 9.59 Å². The van der Waals surface area contributed by atoms with Crippen molar-refractivity contribution in [3.05, 3.63) is 46.9 Å². The zero-order valence-electron chi connectivity index (χ0n) is 15.9. The lowest BCUT2D eigenvalue weighted by atomic mass is 9.89. The van der Waals surface area contributed by atoms with Gasteiger partial charge in [-0.25, -0.2) is 0 Å². The average Bonchev–Trinajstić information content (AvgIpc) is 3.12. The Morgan fingerprint density at radius 3 is 2.44 bits per heavy atom. The predicted octanol–water partition coefficient (Wildman–Crippen LogP) is 2.91. The fourth-order valence-electron chi connectivity index (χ4n) is 3.42. The Morgan fingerprint density at radius 1 is 1.15 bits per heavy atom. The molecule has 0 fully saturated rings. The highest BCUT2D eigenvalue weighted by Gasteiger charge is 2.35. The summed E-state index contributed by atoms with van der Waals surface area (Å²) in [5.74, 6) is 1.44. The molecule has 0 unspecified atom stereocenters. The van der Waals surface area contributed by atoms with E-state index in [1.54, 1.807) is 38.2 Å². The third kappa shape index (κ3) is 3.63. The van der Waals surface area contributed by atoms with Crippen LogP contribution in [0.2, 0.25) is 0 Å². The van der Waals surface area contributed by atoms with Crippen LogP contribution in [-0.4, -0.2) is 44.7 Å². The predicted molar refractivity (Wildman–Crippen MR) is 97.1 cm³/mol. The fourth-order valence-corrected chi connectivity index (χ4v) is 3.42. The van der Waals surface area contributed by atoms with Crippen LogP contribution in [-0.2, 0) is 16.0 Å². The molecule has 1 aromatic carbocycles. The van der Waals surface area contributed by atoms with Crippen LogP contribution in [0.4, 0.5) is 0 Å². The molecular weight excluding hydrogens is 350 g/mol. The van der Waals surface area contributed by atoms with Gasteiger partial charge in [0.2, 0.25) is 0 Å². The van der Waals surface area contributed by atoms with E-state index in [2.05, 4.69) is 0 Å². The molecule has 1 atom stereocenters. The molecule has 0 spiro atoms. The van der Waals surface area contributed by atoms with Gasteiger partial charge < -0.3 is 23.5 Å². The second-order valence-electron chi connectivity index (χ2n) is 6.36. The van der Waals surface area contributed by atoms with Gasteiger partial charge in [-0.05, 0) is 48.7 Å². The van der Waals surface area contributed by atoms with E-state index in [1.165, 1.54) is 7.11 Å². The summed E-state index contributed by atoms with van der Waals surface area (Å²) in [5.41, 5.74) is 1.86. The number of ether oxygens (including phenoxy) is 3. The summed E-state index contributed by atoms with van der Waals surface area (Å²) >= 11 is 0. The quantitative estimate of drug-likeness (QED) is 0.750. The second kappa shape index (κ2) is 7.73. The summed E-state index contributed by atoms with van der Waals surface area (Å²) in [4.78, 5) is 26.7. The molecule has 0 aliphatic carbocycles. The topological polar surface area (TPSA) is 78.2 Å². The van der Waals surface area contributed by atoms with Gasteiger partial charge in [0.1, 0.15) is 5.76 Å². The maximum atomic E-state index is 13.0. The third-order valence-corrected chi connectivity index (χ3v) is 4.80. The maximum absolute atomic E-state index is 13.0. The van der Waals surface area contributed by atoms with Gasteiger partial charge in [0.25, 0.3) is 5.91 Å². The lowest BCUT2D eigenvalue weighted by molar-refractivity contribution is -0.142. The Labute approximate surface area is 157 Å². The standard InChI is InChI=1S/C20H23NO6/c1-12-5-6-16(27-12)20(23)21-8-7-13-9-17(24-2)18(25-3)10-14(13)15(21)11-19(22)26-4/h5-6,9-10,15H,7-8,11H2,1-4H3/t15-/m1/s1. The molecule has 0 saturated heterocycles. The lowest BCUT2D eigenvalue weighted by Gasteiger charge is -2.36. The second-order valence-corrected chi connectivity index (χ2v) is 6.36. The minimum absolute atomic E-state index is 0.0460. The number of carbonyl (C=O) groups excluding carboxylic acids is 2. The van der Waals surface area contributed by atoms with Crippen molar-refractivity contribution < 1.29 is 28.2 Å². The minimum atomic E-state index is -0.473. The number of nitrogens with zero attached hydrogens (tertiary/aromatic N) is 1. The van der Waals surface area contributed by atoms with Crippen molar-refractivity contribution in [1.29, 1.82) is 0 Å². The number of furan rings is 1.